The van der Waals surface area contributed by atoms with E-state index in [-0.39, 0.29) is 17.9 Å². The topological polar surface area (TPSA) is 38.8 Å². The Kier molecular flexibility index (Phi) is 4.01. The second kappa shape index (κ2) is 6.41. The van der Waals surface area contributed by atoms with Crippen LogP contribution in [0.15, 0.2) is 54.6 Å². The molecular formula is C21H15Cl2NO3. The van der Waals surface area contributed by atoms with Crippen LogP contribution in [0.25, 0.3) is 10.8 Å². The van der Waals surface area contributed by atoms with Crippen molar-refractivity contribution in [1.82, 2.24) is 5.06 Å². The van der Waals surface area contributed by atoms with E-state index in [9.17, 15) is 4.79 Å². The van der Waals surface area contributed by atoms with Crippen LogP contribution in [0.1, 0.15) is 22.0 Å². The van der Waals surface area contributed by atoms with Gasteiger partial charge in [0.2, 0.25) is 0 Å². The second-order valence-electron chi connectivity index (χ2n) is 6.77. The van der Waals surface area contributed by atoms with Crippen LogP contribution in [0, 0.1) is 5.92 Å². The fraction of sp³-hybridized carbons (Fsp3) is 0.190. The zero-order valence-corrected chi connectivity index (χ0v) is 15.7. The molecule has 0 unspecified atom stereocenters. The fourth-order valence-electron chi connectivity index (χ4n) is 3.88. The van der Waals surface area contributed by atoms with Crippen molar-refractivity contribution in [1.29, 1.82) is 0 Å². The van der Waals surface area contributed by atoms with Crippen molar-refractivity contribution in [3.8, 4) is 5.75 Å². The lowest BCUT2D eigenvalue weighted by molar-refractivity contribution is -0.0965. The van der Waals surface area contributed by atoms with Gasteiger partial charge >= 0.3 is 0 Å². The Hall–Kier alpha value is -2.27. The predicted molar refractivity (Wildman–Crippen MR) is 104 cm³/mol. The number of hydroxylamine groups is 2. The molecule has 0 bridgehead atoms. The Balaban J connectivity index is 1.61. The minimum absolute atomic E-state index is 0.0787. The van der Waals surface area contributed by atoms with Crippen LogP contribution in [0.2, 0.25) is 10.0 Å². The molecule has 2 heterocycles. The van der Waals surface area contributed by atoms with Gasteiger partial charge in [0.1, 0.15) is 5.75 Å². The number of halogens is 2. The number of hydrogen-bond acceptors (Lipinski definition) is 3. The van der Waals surface area contributed by atoms with Gasteiger partial charge in [-0.1, -0.05) is 53.5 Å². The van der Waals surface area contributed by atoms with Crippen LogP contribution in [0.3, 0.4) is 0 Å². The molecule has 0 aromatic heterocycles. The van der Waals surface area contributed by atoms with Gasteiger partial charge in [-0.3, -0.25) is 9.63 Å². The molecule has 0 aliphatic carbocycles. The van der Waals surface area contributed by atoms with Gasteiger partial charge < -0.3 is 4.74 Å². The van der Waals surface area contributed by atoms with Gasteiger partial charge in [-0.25, -0.2) is 5.06 Å². The molecule has 0 spiro atoms. The van der Waals surface area contributed by atoms with Gasteiger partial charge in [0.05, 0.1) is 29.3 Å². The van der Waals surface area contributed by atoms with Crippen LogP contribution >= 0.6 is 23.2 Å². The molecule has 5 rings (SSSR count). The number of benzene rings is 3. The number of ether oxygens (including phenoxy) is 1. The molecule has 0 radical (unpaired) electrons. The number of rotatable bonds is 1. The van der Waals surface area contributed by atoms with Gasteiger partial charge in [0, 0.05) is 17.0 Å². The Morgan fingerprint density at radius 2 is 1.85 bits per heavy atom. The zero-order valence-electron chi connectivity index (χ0n) is 14.2. The Morgan fingerprint density at radius 1 is 1.00 bits per heavy atom. The summed E-state index contributed by atoms with van der Waals surface area (Å²) in [6.07, 6.45) is 0. The van der Waals surface area contributed by atoms with Gasteiger partial charge in [-0.05, 0) is 35.0 Å². The third kappa shape index (κ3) is 2.67. The monoisotopic (exact) mass is 399 g/mol. The van der Waals surface area contributed by atoms with E-state index in [1.165, 1.54) is 5.06 Å². The maximum absolute atomic E-state index is 13.2. The largest absolute Gasteiger partial charge is 0.493 e. The summed E-state index contributed by atoms with van der Waals surface area (Å²) in [6, 6.07) is 16.8. The van der Waals surface area contributed by atoms with Gasteiger partial charge in [0.25, 0.3) is 5.91 Å². The first-order chi connectivity index (χ1) is 13.1. The first-order valence-electron chi connectivity index (χ1n) is 8.69. The van der Waals surface area contributed by atoms with E-state index in [1.54, 1.807) is 18.2 Å². The molecule has 2 aliphatic rings. The highest BCUT2D eigenvalue weighted by Crippen LogP contribution is 2.47. The SMILES string of the molecule is O=C(c1ccc(Cl)c(Cl)c1)N1OC[C@H]2COc3ccc4ccccc4c3[C@H]21. The van der Waals surface area contributed by atoms with Crippen molar-refractivity contribution in [2.45, 2.75) is 6.04 Å². The molecule has 27 heavy (non-hydrogen) atoms. The van der Waals surface area contributed by atoms with Crippen LogP contribution in [0.5, 0.6) is 5.75 Å². The molecule has 1 fully saturated rings. The fourth-order valence-corrected chi connectivity index (χ4v) is 4.17. The van der Waals surface area contributed by atoms with Crippen LogP contribution < -0.4 is 4.74 Å². The number of carbonyl (C=O) groups is 1. The lowest BCUT2D eigenvalue weighted by atomic mass is 9.88. The zero-order chi connectivity index (χ0) is 18.5. The van der Waals surface area contributed by atoms with E-state index in [1.807, 2.05) is 24.3 Å². The van der Waals surface area contributed by atoms with Crippen LogP contribution in [0.4, 0.5) is 0 Å². The average molecular weight is 400 g/mol. The Labute approximate surface area is 166 Å². The number of fused-ring (bicyclic) bond motifs is 5. The second-order valence-corrected chi connectivity index (χ2v) is 7.58. The summed E-state index contributed by atoms with van der Waals surface area (Å²) in [5, 5.41) is 4.40. The Morgan fingerprint density at radius 3 is 2.70 bits per heavy atom. The van der Waals surface area contributed by atoms with E-state index in [0.29, 0.717) is 28.8 Å². The smallest absolute Gasteiger partial charge is 0.278 e. The molecule has 0 N–H and O–H groups in total. The summed E-state index contributed by atoms with van der Waals surface area (Å²) in [7, 11) is 0. The lowest BCUT2D eigenvalue weighted by Crippen LogP contribution is -2.35. The van der Waals surface area contributed by atoms with Crippen molar-refractivity contribution in [3.63, 3.8) is 0 Å². The minimum Gasteiger partial charge on any atom is -0.493 e. The third-order valence-corrected chi connectivity index (χ3v) is 5.91. The van der Waals surface area contributed by atoms with Crippen molar-refractivity contribution in [3.05, 3.63) is 75.8 Å². The highest BCUT2D eigenvalue weighted by molar-refractivity contribution is 6.42. The highest BCUT2D eigenvalue weighted by Gasteiger charge is 2.45. The van der Waals surface area contributed by atoms with Crippen LogP contribution in [-0.4, -0.2) is 24.2 Å². The molecule has 0 saturated carbocycles. The summed E-state index contributed by atoms with van der Waals surface area (Å²) < 4.78 is 5.96. The standard InChI is InChI=1S/C21H15Cl2NO3/c22-16-7-5-13(9-17(16)23)21(25)24-20-14(11-27-24)10-26-18-8-6-12-3-1-2-4-15(12)19(18)20/h1-9,14,20H,10-11H2/t14-,20+/m1/s1. The van der Waals surface area contributed by atoms with Gasteiger partial charge in [-0.15, -0.1) is 0 Å². The van der Waals surface area contributed by atoms with Crippen molar-refractivity contribution in [2.75, 3.05) is 13.2 Å². The summed E-state index contributed by atoms with van der Waals surface area (Å²) in [5.41, 5.74) is 1.44. The average Bonchev–Trinajstić information content (AvgIpc) is 3.13. The van der Waals surface area contributed by atoms with E-state index in [2.05, 4.69) is 12.1 Å². The van der Waals surface area contributed by atoms with Gasteiger partial charge in [0.15, 0.2) is 0 Å². The summed E-state index contributed by atoms with van der Waals surface area (Å²) in [6.45, 7) is 0.946. The highest BCUT2D eigenvalue weighted by atomic mass is 35.5. The lowest BCUT2D eigenvalue weighted by Gasteiger charge is -2.32. The number of carbonyl (C=O) groups excluding carboxylic acids is 1. The molecule has 1 amide bonds. The number of amides is 1. The molecular weight excluding hydrogens is 385 g/mol. The molecule has 136 valence electrons. The first-order valence-corrected chi connectivity index (χ1v) is 9.45. The molecule has 4 nitrogen and oxygen atoms in total. The first kappa shape index (κ1) is 16.9. The maximum atomic E-state index is 13.2. The van der Waals surface area contributed by atoms with E-state index >= 15 is 0 Å². The summed E-state index contributed by atoms with van der Waals surface area (Å²) in [5.74, 6) is 0.643. The molecule has 2 atom stereocenters. The molecule has 6 heteroatoms. The summed E-state index contributed by atoms with van der Waals surface area (Å²) >= 11 is 12.1. The quantitative estimate of drug-likeness (QED) is 0.558. The summed E-state index contributed by atoms with van der Waals surface area (Å²) in [4.78, 5) is 19.0. The van der Waals surface area contributed by atoms with Crippen LogP contribution in [-0.2, 0) is 4.84 Å². The Bertz CT molecular complexity index is 1070. The minimum atomic E-state index is -0.234. The van der Waals surface area contributed by atoms with Crippen molar-refractivity contribution < 1.29 is 14.4 Å². The number of hydrogen-bond donors (Lipinski definition) is 0. The third-order valence-electron chi connectivity index (χ3n) is 5.17. The molecule has 2 aliphatic heterocycles. The number of nitrogens with zero attached hydrogens (tertiary/aromatic N) is 1. The molecule has 1 saturated heterocycles. The van der Waals surface area contributed by atoms with Crippen molar-refractivity contribution >= 4 is 39.9 Å². The van der Waals surface area contributed by atoms with E-state index in [4.69, 9.17) is 32.8 Å². The van der Waals surface area contributed by atoms with Gasteiger partial charge in [-0.2, -0.15) is 0 Å². The molecule has 3 aromatic carbocycles. The normalized spacial score (nSPS) is 20.9. The van der Waals surface area contributed by atoms with E-state index < -0.39 is 0 Å². The van der Waals surface area contributed by atoms with Crippen molar-refractivity contribution in [2.24, 2.45) is 5.92 Å². The predicted octanol–water partition coefficient (Wildman–Crippen LogP) is 5.28. The van der Waals surface area contributed by atoms with E-state index in [0.717, 1.165) is 22.1 Å². The maximum Gasteiger partial charge on any atom is 0.278 e. The molecule has 3 aromatic rings.